The van der Waals surface area contributed by atoms with Gasteiger partial charge in [-0.3, -0.25) is 0 Å². The van der Waals surface area contributed by atoms with Crippen molar-refractivity contribution in [1.82, 2.24) is 4.98 Å². The van der Waals surface area contributed by atoms with Gasteiger partial charge in [0.2, 0.25) is 5.88 Å². The van der Waals surface area contributed by atoms with Gasteiger partial charge in [0, 0.05) is 16.8 Å². The molecule has 0 amide bonds. The summed E-state index contributed by atoms with van der Waals surface area (Å²) in [7, 11) is 0. The molecule has 0 spiro atoms. The van der Waals surface area contributed by atoms with Gasteiger partial charge in [-0.1, -0.05) is 29.3 Å². The largest absolute Gasteiger partial charge is 0.438 e. The highest BCUT2D eigenvalue weighted by molar-refractivity contribution is 6.30. The molecule has 1 aromatic carbocycles. The van der Waals surface area contributed by atoms with Crippen LogP contribution in [0.1, 0.15) is 22.4 Å². The van der Waals surface area contributed by atoms with Gasteiger partial charge in [-0.15, -0.1) is 0 Å². The summed E-state index contributed by atoms with van der Waals surface area (Å²) in [5.41, 5.74) is 4.28. The Labute approximate surface area is 113 Å². The molecule has 0 atom stereocenters. The molecule has 0 N–H and O–H groups in total. The summed E-state index contributed by atoms with van der Waals surface area (Å²) in [5.74, 6) is 1.39. The summed E-state index contributed by atoms with van der Waals surface area (Å²) >= 11 is 6.00. The lowest BCUT2D eigenvalue weighted by Gasteiger charge is -2.12. The number of hydrogen-bond donors (Lipinski definition) is 0. The Morgan fingerprint density at radius 2 is 1.56 bits per heavy atom. The van der Waals surface area contributed by atoms with Crippen LogP contribution in [-0.2, 0) is 0 Å². The van der Waals surface area contributed by atoms with Crippen molar-refractivity contribution in [3.05, 3.63) is 51.7 Å². The highest BCUT2D eigenvalue weighted by atomic mass is 35.5. The number of aryl methyl sites for hydroxylation is 4. The van der Waals surface area contributed by atoms with E-state index in [1.165, 1.54) is 5.56 Å². The van der Waals surface area contributed by atoms with Crippen LogP contribution in [0, 0.1) is 27.7 Å². The minimum atomic E-state index is 0.537. The Bertz CT molecular complexity index is 550. The van der Waals surface area contributed by atoms with Crippen LogP contribution in [0.15, 0.2) is 24.3 Å². The summed E-state index contributed by atoms with van der Waals surface area (Å²) in [6, 6.07) is 7.73. The Balaban J connectivity index is 2.40. The van der Waals surface area contributed by atoms with Crippen LogP contribution >= 0.6 is 11.6 Å². The Morgan fingerprint density at radius 3 is 2.11 bits per heavy atom. The first kappa shape index (κ1) is 12.9. The lowest BCUT2D eigenvalue weighted by molar-refractivity contribution is 0.454. The highest BCUT2D eigenvalue weighted by Gasteiger charge is 2.08. The molecule has 0 aliphatic carbocycles. The fourth-order valence-electron chi connectivity index (χ4n) is 2.08. The van der Waals surface area contributed by atoms with E-state index in [2.05, 4.69) is 24.0 Å². The van der Waals surface area contributed by atoms with Crippen LogP contribution < -0.4 is 4.74 Å². The van der Waals surface area contributed by atoms with E-state index in [-0.39, 0.29) is 0 Å². The van der Waals surface area contributed by atoms with E-state index in [4.69, 9.17) is 16.3 Å². The zero-order valence-corrected chi connectivity index (χ0v) is 11.8. The van der Waals surface area contributed by atoms with Crippen molar-refractivity contribution in [2.75, 3.05) is 0 Å². The molecule has 0 bridgehead atoms. The molecule has 1 aromatic heterocycles. The maximum Gasteiger partial charge on any atom is 0.220 e. The molecule has 94 valence electrons. The number of benzene rings is 1. The highest BCUT2D eigenvalue weighted by Crippen LogP contribution is 2.30. The average Bonchev–Trinajstić information content (AvgIpc) is 2.22. The van der Waals surface area contributed by atoms with Gasteiger partial charge in [-0.2, -0.15) is 0 Å². The van der Waals surface area contributed by atoms with Gasteiger partial charge >= 0.3 is 0 Å². The van der Waals surface area contributed by atoms with Gasteiger partial charge in [0.25, 0.3) is 0 Å². The first-order valence-electron chi connectivity index (χ1n) is 5.85. The van der Waals surface area contributed by atoms with Gasteiger partial charge in [0.05, 0.1) is 0 Å². The smallest absolute Gasteiger partial charge is 0.220 e. The molecule has 2 aromatic rings. The second-order valence-corrected chi connectivity index (χ2v) is 5.03. The molecular weight excluding hydrogens is 246 g/mol. The second kappa shape index (κ2) is 4.99. The number of rotatable bonds is 2. The maximum atomic E-state index is 6.00. The zero-order chi connectivity index (χ0) is 13.3. The monoisotopic (exact) mass is 261 g/mol. The third-order valence-corrected chi connectivity index (χ3v) is 2.92. The summed E-state index contributed by atoms with van der Waals surface area (Å²) in [6.07, 6.45) is 0. The van der Waals surface area contributed by atoms with E-state index in [1.807, 2.05) is 26.8 Å². The molecule has 2 nitrogen and oxygen atoms in total. The van der Waals surface area contributed by atoms with Crippen molar-refractivity contribution in [3.63, 3.8) is 0 Å². The lowest BCUT2D eigenvalue weighted by atomic mass is 10.1. The number of nitrogens with zero attached hydrogens (tertiary/aromatic N) is 1. The average molecular weight is 262 g/mol. The molecule has 0 fully saturated rings. The minimum Gasteiger partial charge on any atom is -0.438 e. The molecule has 3 heteroatoms. The number of ether oxygens (including phenoxy) is 1. The Kier molecular flexibility index (Phi) is 3.58. The van der Waals surface area contributed by atoms with Crippen LogP contribution in [0.5, 0.6) is 11.6 Å². The molecule has 0 unspecified atom stereocenters. The third kappa shape index (κ3) is 2.82. The van der Waals surface area contributed by atoms with Crippen molar-refractivity contribution in [1.29, 1.82) is 0 Å². The lowest BCUT2D eigenvalue weighted by Crippen LogP contribution is -1.95. The van der Waals surface area contributed by atoms with Crippen molar-refractivity contribution < 1.29 is 4.74 Å². The van der Waals surface area contributed by atoms with Gasteiger partial charge < -0.3 is 4.74 Å². The number of pyridine rings is 1. The zero-order valence-electron chi connectivity index (χ0n) is 11.0. The first-order valence-corrected chi connectivity index (χ1v) is 6.23. The molecular formula is C15H16ClNO. The van der Waals surface area contributed by atoms with Crippen LogP contribution in [0.4, 0.5) is 0 Å². The topological polar surface area (TPSA) is 22.1 Å². The van der Waals surface area contributed by atoms with Crippen molar-refractivity contribution >= 4 is 11.6 Å². The number of halogens is 1. The van der Waals surface area contributed by atoms with E-state index in [0.717, 1.165) is 22.6 Å². The standard InChI is InChI=1S/C15H16ClNO/c1-9-5-10(2)15(11(3)6-9)18-14-8-13(16)7-12(4)17-14/h5-8H,1-4H3. The van der Waals surface area contributed by atoms with Crippen molar-refractivity contribution in [2.45, 2.75) is 27.7 Å². The van der Waals surface area contributed by atoms with E-state index < -0.39 is 0 Å². The molecule has 18 heavy (non-hydrogen) atoms. The Morgan fingerprint density at radius 1 is 0.944 bits per heavy atom. The quantitative estimate of drug-likeness (QED) is 0.777. The Hall–Kier alpha value is -1.54. The molecule has 0 aliphatic rings. The molecule has 0 saturated carbocycles. The van der Waals surface area contributed by atoms with E-state index in [9.17, 15) is 0 Å². The van der Waals surface area contributed by atoms with Gasteiger partial charge in [-0.25, -0.2) is 4.98 Å². The van der Waals surface area contributed by atoms with Crippen molar-refractivity contribution in [2.24, 2.45) is 0 Å². The van der Waals surface area contributed by atoms with Crippen LogP contribution in [0.25, 0.3) is 0 Å². The van der Waals surface area contributed by atoms with Gasteiger partial charge in [0.15, 0.2) is 0 Å². The van der Waals surface area contributed by atoms with Crippen LogP contribution in [0.3, 0.4) is 0 Å². The fraction of sp³-hybridized carbons (Fsp3) is 0.267. The first-order chi connectivity index (χ1) is 8.45. The van der Waals surface area contributed by atoms with Crippen LogP contribution in [0.2, 0.25) is 5.02 Å². The molecule has 0 aliphatic heterocycles. The molecule has 2 rings (SSSR count). The van der Waals surface area contributed by atoms with Crippen molar-refractivity contribution in [3.8, 4) is 11.6 Å². The summed E-state index contributed by atoms with van der Waals surface area (Å²) in [6.45, 7) is 8.04. The predicted molar refractivity (Wildman–Crippen MR) is 74.7 cm³/mol. The summed E-state index contributed by atoms with van der Waals surface area (Å²) in [5, 5.41) is 0.639. The normalized spacial score (nSPS) is 10.5. The molecule has 1 heterocycles. The fourth-order valence-corrected chi connectivity index (χ4v) is 2.33. The third-order valence-electron chi connectivity index (χ3n) is 2.71. The van der Waals surface area contributed by atoms with Gasteiger partial charge in [-0.05, 0) is 44.9 Å². The molecule has 0 saturated heterocycles. The van der Waals surface area contributed by atoms with Crippen LogP contribution in [-0.4, -0.2) is 4.98 Å². The maximum absolute atomic E-state index is 6.00. The number of aromatic nitrogens is 1. The van der Waals surface area contributed by atoms with E-state index in [1.54, 1.807) is 6.07 Å². The second-order valence-electron chi connectivity index (χ2n) is 4.59. The SMILES string of the molecule is Cc1cc(C)c(Oc2cc(Cl)cc(C)n2)c(C)c1. The van der Waals surface area contributed by atoms with Gasteiger partial charge in [0.1, 0.15) is 5.75 Å². The van der Waals surface area contributed by atoms with E-state index >= 15 is 0 Å². The minimum absolute atomic E-state index is 0.537. The summed E-state index contributed by atoms with van der Waals surface area (Å²) < 4.78 is 5.86. The van der Waals surface area contributed by atoms with E-state index in [0.29, 0.717) is 10.9 Å². The summed E-state index contributed by atoms with van der Waals surface area (Å²) in [4.78, 5) is 4.33. The predicted octanol–water partition coefficient (Wildman–Crippen LogP) is 4.76. The number of hydrogen-bond acceptors (Lipinski definition) is 2. The molecule has 0 radical (unpaired) electrons.